The van der Waals surface area contributed by atoms with Gasteiger partial charge in [-0.1, -0.05) is 93.1 Å². The summed E-state index contributed by atoms with van der Waals surface area (Å²) in [6.07, 6.45) is 8.86. The van der Waals surface area contributed by atoms with Crippen LogP contribution in [0.1, 0.15) is 87.0 Å². The van der Waals surface area contributed by atoms with Gasteiger partial charge in [0.1, 0.15) is 0 Å². The molecule has 0 unspecified atom stereocenters. The zero-order chi connectivity index (χ0) is 16.1. The van der Waals surface area contributed by atoms with Gasteiger partial charge < -0.3 is 10.2 Å². The van der Waals surface area contributed by atoms with E-state index < -0.39 is 5.76 Å². The van der Waals surface area contributed by atoms with E-state index in [0.29, 0.717) is 0 Å². The van der Waals surface area contributed by atoms with E-state index in [9.17, 15) is 10.2 Å². The van der Waals surface area contributed by atoms with Gasteiger partial charge in [-0.3, -0.25) is 0 Å². The molecule has 0 atom stereocenters. The number of allylic oxidation sites excluding steroid dienone is 2. The van der Waals surface area contributed by atoms with Gasteiger partial charge >= 0.3 is 23.9 Å². The van der Waals surface area contributed by atoms with Gasteiger partial charge in [-0.25, -0.2) is 0 Å². The maximum Gasteiger partial charge on any atom is 2.00 e. The van der Waals surface area contributed by atoms with Crippen molar-refractivity contribution in [3.63, 3.8) is 0 Å². The van der Waals surface area contributed by atoms with E-state index in [1.807, 2.05) is 0 Å². The predicted molar refractivity (Wildman–Crippen MR) is 90.4 cm³/mol. The van der Waals surface area contributed by atoms with E-state index in [2.05, 4.69) is 48.1 Å². The van der Waals surface area contributed by atoms with Gasteiger partial charge in [0.2, 0.25) is 0 Å². The first kappa shape index (κ1) is 32.0. The number of unbranched alkanes of at least 4 members (excludes halogenated alkanes) is 3. The smallest absolute Gasteiger partial charge is 0.876 e. The molecule has 2 nitrogen and oxygen atoms in total. The molecular formula is C17H36O2Sn. The molecule has 3 heteroatoms. The van der Waals surface area contributed by atoms with Crippen LogP contribution in [0.2, 0.25) is 0 Å². The van der Waals surface area contributed by atoms with E-state index in [4.69, 9.17) is 0 Å². The number of hydrogen-bond acceptors (Lipinski definition) is 2. The third-order valence-corrected chi connectivity index (χ3v) is 1.86. The normalized spacial score (nSPS) is 8.45. The third kappa shape index (κ3) is 108. The summed E-state index contributed by atoms with van der Waals surface area (Å²) in [7, 11) is 0. The molecule has 0 fully saturated rings. The Morgan fingerprint density at radius 3 is 0.950 bits per heavy atom. The van der Waals surface area contributed by atoms with Crippen LogP contribution in [0.3, 0.4) is 0 Å². The molecule has 0 N–H and O–H groups in total. The second-order valence-corrected chi connectivity index (χ2v) is 4.22. The van der Waals surface area contributed by atoms with Gasteiger partial charge in [0.25, 0.3) is 0 Å². The average molecular weight is 391 g/mol. The number of rotatable bonds is 4. The van der Waals surface area contributed by atoms with Gasteiger partial charge in [0.15, 0.2) is 0 Å². The zero-order valence-corrected chi connectivity index (χ0v) is 17.7. The van der Waals surface area contributed by atoms with Crippen LogP contribution in [0, 0.1) is 0 Å². The second kappa shape index (κ2) is 36.4. The Kier molecular flexibility index (Phi) is 58.2. The maximum absolute atomic E-state index is 9.94. The molecule has 0 aromatic carbocycles. The molecule has 120 valence electrons. The standard InChI is InChI=1S/C5H8O2.3C4H10.Sn/c1-4(6)3-5(2)7;3*1-3-4-2;/h3,6-7H,1H2,2H3;3*3-4H2,1-2H3;/q;;;;+2/p-2. The van der Waals surface area contributed by atoms with Gasteiger partial charge in [-0.15, -0.1) is 18.1 Å². The third-order valence-electron chi connectivity index (χ3n) is 1.86. The van der Waals surface area contributed by atoms with Crippen LogP contribution < -0.4 is 10.2 Å². The van der Waals surface area contributed by atoms with Crippen molar-refractivity contribution in [3.8, 4) is 0 Å². The molecule has 0 aliphatic heterocycles. The fourth-order valence-electron chi connectivity index (χ4n) is 0.227. The molecule has 0 heterocycles. The predicted octanol–water partition coefficient (Wildman–Crippen LogP) is 4.16. The largest absolute Gasteiger partial charge is 2.00 e. The zero-order valence-electron chi connectivity index (χ0n) is 14.8. The molecule has 0 rings (SSSR count). The van der Waals surface area contributed by atoms with Crippen molar-refractivity contribution in [2.24, 2.45) is 0 Å². The van der Waals surface area contributed by atoms with Crippen molar-refractivity contribution < 1.29 is 10.2 Å². The average Bonchev–Trinajstić information content (AvgIpc) is 2.38. The van der Waals surface area contributed by atoms with Crippen molar-refractivity contribution in [2.45, 2.75) is 87.0 Å². The quantitative estimate of drug-likeness (QED) is 0.411. The minimum absolute atomic E-state index is 0. The Labute approximate surface area is 145 Å². The van der Waals surface area contributed by atoms with E-state index in [1.165, 1.54) is 45.4 Å². The molecular weight excluding hydrogens is 355 g/mol. The molecule has 2 radical (unpaired) electrons. The molecule has 0 aliphatic rings. The van der Waals surface area contributed by atoms with Crippen LogP contribution in [0.25, 0.3) is 0 Å². The second-order valence-electron chi connectivity index (χ2n) is 4.22. The summed E-state index contributed by atoms with van der Waals surface area (Å²) in [5.41, 5.74) is 0. The minimum Gasteiger partial charge on any atom is -0.876 e. The van der Waals surface area contributed by atoms with E-state index in [1.54, 1.807) is 0 Å². The van der Waals surface area contributed by atoms with Crippen molar-refractivity contribution in [1.29, 1.82) is 0 Å². The van der Waals surface area contributed by atoms with Crippen LogP contribution in [0.5, 0.6) is 0 Å². The summed E-state index contributed by atoms with van der Waals surface area (Å²) in [5.74, 6) is -0.687. The van der Waals surface area contributed by atoms with Crippen LogP contribution in [0.4, 0.5) is 0 Å². The fourth-order valence-corrected chi connectivity index (χ4v) is 0.227. The van der Waals surface area contributed by atoms with Crippen molar-refractivity contribution in [3.05, 3.63) is 24.2 Å². The molecule has 0 saturated carbocycles. The van der Waals surface area contributed by atoms with Gasteiger partial charge in [0, 0.05) is 0 Å². The Bertz CT molecular complexity index is 158. The molecule has 0 spiro atoms. The molecule has 0 amide bonds. The molecule has 0 saturated heterocycles. The number of hydrogen-bond donors (Lipinski definition) is 0. The SMILES string of the molecule is C=C([O-])C=C(C)[O-].CCCC.CCCC.CCCC.[Sn+2]. The Hall–Kier alpha value is -0.121. The summed E-state index contributed by atoms with van der Waals surface area (Å²) < 4.78 is 0. The summed E-state index contributed by atoms with van der Waals surface area (Å²) in [6, 6.07) is 0. The van der Waals surface area contributed by atoms with Gasteiger partial charge in [-0.05, 0) is 0 Å². The molecule has 0 aliphatic carbocycles. The summed E-state index contributed by atoms with van der Waals surface area (Å²) in [5, 5.41) is 19.8. The summed E-state index contributed by atoms with van der Waals surface area (Å²) in [6.45, 7) is 17.4. The van der Waals surface area contributed by atoms with E-state index >= 15 is 0 Å². The fraction of sp³-hybridized carbons (Fsp3) is 0.765. The summed E-state index contributed by atoms with van der Waals surface area (Å²) in [4.78, 5) is 0. The Morgan fingerprint density at radius 2 is 0.950 bits per heavy atom. The van der Waals surface area contributed by atoms with Crippen LogP contribution in [-0.2, 0) is 0 Å². The van der Waals surface area contributed by atoms with Gasteiger partial charge in [0.05, 0.1) is 0 Å². The molecule has 0 aromatic rings. The Balaban J connectivity index is -0.0000000512. The monoisotopic (exact) mass is 392 g/mol. The first-order valence-corrected chi connectivity index (χ1v) is 7.58. The van der Waals surface area contributed by atoms with E-state index in [-0.39, 0.29) is 29.7 Å². The van der Waals surface area contributed by atoms with Crippen molar-refractivity contribution in [1.82, 2.24) is 0 Å². The molecule has 0 bridgehead atoms. The first-order valence-electron chi connectivity index (χ1n) is 7.58. The molecule has 0 aromatic heterocycles. The topological polar surface area (TPSA) is 46.1 Å². The molecule has 20 heavy (non-hydrogen) atoms. The van der Waals surface area contributed by atoms with Crippen molar-refractivity contribution in [2.75, 3.05) is 0 Å². The van der Waals surface area contributed by atoms with E-state index in [0.717, 1.165) is 6.08 Å². The Morgan fingerprint density at radius 1 is 0.750 bits per heavy atom. The summed E-state index contributed by atoms with van der Waals surface area (Å²) >= 11 is 0. The van der Waals surface area contributed by atoms with Crippen LogP contribution in [-0.4, -0.2) is 23.9 Å². The van der Waals surface area contributed by atoms with Crippen LogP contribution in [0.15, 0.2) is 24.2 Å². The van der Waals surface area contributed by atoms with Crippen molar-refractivity contribution >= 4 is 23.9 Å². The van der Waals surface area contributed by atoms with Crippen LogP contribution >= 0.6 is 0 Å². The first-order chi connectivity index (χ1) is 8.87. The van der Waals surface area contributed by atoms with Gasteiger partial charge in [-0.2, -0.15) is 0 Å². The maximum atomic E-state index is 9.94. The minimum atomic E-state index is -0.437.